The van der Waals surface area contributed by atoms with E-state index in [1.165, 1.54) is 10.5 Å². The fourth-order valence-corrected chi connectivity index (χ4v) is 3.16. The molecule has 7 nitrogen and oxygen atoms in total. The average Bonchev–Trinajstić information content (AvgIpc) is 2.55. The lowest BCUT2D eigenvalue weighted by Crippen LogP contribution is -2.70. The molecule has 130 valence electrons. The van der Waals surface area contributed by atoms with Crippen molar-refractivity contribution in [3.05, 3.63) is 35.4 Å². The van der Waals surface area contributed by atoms with Crippen LogP contribution in [0.5, 0.6) is 0 Å². The van der Waals surface area contributed by atoms with Gasteiger partial charge in [-0.25, -0.2) is 14.5 Å². The van der Waals surface area contributed by atoms with E-state index in [4.69, 9.17) is 4.74 Å². The number of imide groups is 1. The Morgan fingerprint density at radius 3 is 2.50 bits per heavy atom. The van der Waals surface area contributed by atoms with Gasteiger partial charge >= 0.3 is 12.1 Å². The van der Waals surface area contributed by atoms with Crippen LogP contribution in [0.3, 0.4) is 0 Å². The number of aryl methyl sites for hydroxylation is 1. The summed E-state index contributed by atoms with van der Waals surface area (Å²) >= 11 is 0. The number of nitrogens with one attached hydrogen (secondary N) is 3. The molecule has 0 saturated carbocycles. The third-order valence-electron chi connectivity index (χ3n) is 4.49. The van der Waals surface area contributed by atoms with Crippen molar-refractivity contribution in [1.29, 1.82) is 0 Å². The summed E-state index contributed by atoms with van der Waals surface area (Å²) in [7, 11) is 0. The molecule has 7 heteroatoms. The molecule has 2 aliphatic heterocycles. The third kappa shape index (κ3) is 3.68. The van der Waals surface area contributed by atoms with Crippen LogP contribution in [0.4, 0.5) is 9.59 Å². The molecule has 0 aromatic heterocycles. The second-order valence-electron chi connectivity index (χ2n) is 6.35. The molecule has 0 spiro atoms. The van der Waals surface area contributed by atoms with Crippen LogP contribution in [0.1, 0.15) is 36.9 Å². The highest BCUT2D eigenvalue weighted by atomic mass is 16.5. The number of rotatable bonds is 4. The molecular formula is C17H24N4O3. The van der Waals surface area contributed by atoms with Crippen molar-refractivity contribution >= 4 is 12.1 Å². The molecule has 2 aliphatic rings. The summed E-state index contributed by atoms with van der Waals surface area (Å²) in [4.78, 5) is 26.0. The van der Waals surface area contributed by atoms with Crippen molar-refractivity contribution in [3.8, 4) is 0 Å². The van der Waals surface area contributed by atoms with Gasteiger partial charge in [0.25, 0.3) is 0 Å². The monoisotopic (exact) mass is 332 g/mol. The van der Waals surface area contributed by atoms with Gasteiger partial charge < -0.3 is 15.4 Å². The number of urea groups is 2. The third-order valence-corrected chi connectivity index (χ3v) is 4.49. The fraction of sp³-hybridized carbons (Fsp3) is 0.529. The molecule has 2 heterocycles. The van der Waals surface area contributed by atoms with Crippen LogP contribution in [0.25, 0.3) is 0 Å². The fourth-order valence-electron chi connectivity index (χ4n) is 3.16. The van der Waals surface area contributed by atoms with Gasteiger partial charge in [-0.15, -0.1) is 0 Å². The van der Waals surface area contributed by atoms with E-state index >= 15 is 0 Å². The lowest BCUT2D eigenvalue weighted by Gasteiger charge is -2.39. The van der Waals surface area contributed by atoms with Crippen molar-refractivity contribution in [2.75, 3.05) is 13.2 Å². The largest absolute Gasteiger partial charge is 0.381 e. The summed E-state index contributed by atoms with van der Waals surface area (Å²) in [5.41, 5.74) is 2.27. The quantitative estimate of drug-likeness (QED) is 0.786. The zero-order valence-electron chi connectivity index (χ0n) is 14.0. The van der Waals surface area contributed by atoms with Gasteiger partial charge in [0, 0.05) is 25.3 Å². The minimum Gasteiger partial charge on any atom is -0.381 e. The number of ether oxygens (including phenoxy) is 1. The maximum atomic E-state index is 12.4. The van der Waals surface area contributed by atoms with Gasteiger partial charge in [-0.05, 0) is 32.3 Å². The molecule has 1 atom stereocenters. The molecule has 0 bridgehead atoms. The zero-order chi connectivity index (χ0) is 17.1. The Balaban J connectivity index is 1.61. The van der Waals surface area contributed by atoms with Gasteiger partial charge in [0.15, 0.2) is 6.29 Å². The molecular weight excluding hydrogens is 308 g/mol. The molecule has 0 radical (unpaired) electrons. The lowest BCUT2D eigenvalue weighted by molar-refractivity contribution is 0.0492. The Labute approximate surface area is 141 Å². The topological polar surface area (TPSA) is 82.7 Å². The van der Waals surface area contributed by atoms with Crippen LogP contribution in [0.2, 0.25) is 0 Å². The minimum atomic E-state index is -0.586. The van der Waals surface area contributed by atoms with E-state index in [0.717, 1.165) is 5.56 Å². The standard InChI is InChI=1S/C17H24N4O3/c1-11-4-3-5-13(10-11)12(2)18-15-19-16(22)21(17(23)20-15)14-6-8-24-9-7-14/h3-5,10,12,14-15,18H,6-9H2,1-2H3,(H,19,22)(H,20,23)/t12-/m0/s1. The van der Waals surface area contributed by atoms with E-state index in [1.807, 2.05) is 32.0 Å². The minimum absolute atomic E-state index is 0.00914. The van der Waals surface area contributed by atoms with Gasteiger partial charge in [0.1, 0.15) is 0 Å². The Kier molecular flexibility index (Phi) is 5.01. The van der Waals surface area contributed by atoms with Gasteiger partial charge in [0.2, 0.25) is 0 Å². The SMILES string of the molecule is Cc1cccc([C@H](C)NC2NC(=O)N(C3CCOCC3)C(=O)N2)c1. The second kappa shape index (κ2) is 7.19. The van der Waals surface area contributed by atoms with Gasteiger partial charge in [0.05, 0.1) is 0 Å². The van der Waals surface area contributed by atoms with Crippen LogP contribution in [0.15, 0.2) is 24.3 Å². The number of hydrogen-bond acceptors (Lipinski definition) is 4. The van der Waals surface area contributed by atoms with Gasteiger partial charge in [-0.1, -0.05) is 29.8 Å². The van der Waals surface area contributed by atoms with Crippen LogP contribution in [0, 0.1) is 6.92 Å². The van der Waals surface area contributed by atoms with E-state index in [9.17, 15) is 9.59 Å². The zero-order valence-corrected chi connectivity index (χ0v) is 14.0. The average molecular weight is 332 g/mol. The maximum Gasteiger partial charge on any atom is 0.328 e. The molecule has 4 amide bonds. The number of carbonyl (C=O) groups excluding carboxylic acids is 2. The first-order valence-corrected chi connectivity index (χ1v) is 8.35. The number of nitrogens with zero attached hydrogens (tertiary/aromatic N) is 1. The number of benzene rings is 1. The van der Waals surface area contributed by atoms with Crippen LogP contribution >= 0.6 is 0 Å². The van der Waals surface area contributed by atoms with E-state index in [0.29, 0.717) is 26.1 Å². The van der Waals surface area contributed by atoms with Gasteiger partial charge in [-0.2, -0.15) is 0 Å². The van der Waals surface area contributed by atoms with E-state index in [1.54, 1.807) is 0 Å². The molecule has 2 fully saturated rings. The summed E-state index contributed by atoms with van der Waals surface area (Å²) < 4.78 is 5.29. The first-order chi connectivity index (χ1) is 11.5. The summed E-state index contributed by atoms with van der Waals surface area (Å²) in [6, 6.07) is 7.29. The van der Waals surface area contributed by atoms with Crippen LogP contribution in [-0.2, 0) is 4.74 Å². The van der Waals surface area contributed by atoms with E-state index < -0.39 is 6.29 Å². The lowest BCUT2D eigenvalue weighted by atomic mass is 10.1. The predicted molar refractivity (Wildman–Crippen MR) is 89.3 cm³/mol. The molecule has 2 saturated heterocycles. The molecule has 3 rings (SSSR count). The molecule has 24 heavy (non-hydrogen) atoms. The van der Waals surface area contributed by atoms with Crippen molar-refractivity contribution in [3.63, 3.8) is 0 Å². The van der Waals surface area contributed by atoms with E-state index in [2.05, 4.69) is 22.0 Å². The van der Waals surface area contributed by atoms with Crippen molar-refractivity contribution in [2.45, 2.75) is 45.1 Å². The Morgan fingerprint density at radius 1 is 1.21 bits per heavy atom. The highest BCUT2D eigenvalue weighted by Crippen LogP contribution is 2.18. The van der Waals surface area contributed by atoms with E-state index in [-0.39, 0.29) is 24.1 Å². The van der Waals surface area contributed by atoms with Crippen molar-refractivity contribution < 1.29 is 14.3 Å². The molecule has 3 N–H and O–H groups in total. The van der Waals surface area contributed by atoms with Crippen LogP contribution in [-0.4, -0.2) is 42.5 Å². The van der Waals surface area contributed by atoms with Crippen LogP contribution < -0.4 is 16.0 Å². The molecule has 1 aromatic carbocycles. The predicted octanol–water partition coefficient (Wildman–Crippen LogP) is 1.84. The molecule has 1 aromatic rings. The Bertz CT molecular complexity index is 598. The Morgan fingerprint density at radius 2 is 1.88 bits per heavy atom. The highest BCUT2D eigenvalue weighted by Gasteiger charge is 2.37. The molecule has 0 unspecified atom stereocenters. The second-order valence-corrected chi connectivity index (χ2v) is 6.35. The normalized spacial score (nSPS) is 21.3. The summed E-state index contributed by atoms with van der Waals surface area (Å²) in [5.74, 6) is 0. The van der Waals surface area contributed by atoms with Gasteiger partial charge in [-0.3, -0.25) is 5.32 Å². The summed E-state index contributed by atoms with van der Waals surface area (Å²) in [5, 5.41) is 8.86. The number of amides is 4. The number of hydrogen-bond donors (Lipinski definition) is 3. The summed E-state index contributed by atoms with van der Waals surface area (Å²) in [6.45, 7) is 5.19. The maximum absolute atomic E-state index is 12.4. The first kappa shape index (κ1) is 16.7. The van der Waals surface area contributed by atoms with Crippen molar-refractivity contribution in [1.82, 2.24) is 20.9 Å². The smallest absolute Gasteiger partial charge is 0.328 e. The Hall–Kier alpha value is -2.12. The number of carbonyl (C=O) groups is 2. The molecule has 0 aliphatic carbocycles. The van der Waals surface area contributed by atoms with Crippen molar-refractivity contribution in [2.24, 2.45) is 0 Å². The summed E-state index contributed by atoms with van der Waals surface area (Å²) in [6.07, 6.45) is 0.772. The first-order valence-electron chi connectivity index (χ1n) is 8.35. The highest BCUT2D eigenvalue weighted by molar-refractivity contribution is 5.96.